The minimum atomic E-state index is -0.266. The third kappa shape index (κ3) is 4.76. The molecule has 1 aliphatic rings. The summed E-state index contributed by atoms with van der Waals surface area (Å²) in [6.07, 6.45) is 6.39. The Hall–Kier alpha value is -4.29. The van der Waals surface area contributed by atoms with E-state index in [1.807, 2.05) is 29.1 Å². The van der Waals surface area contributed by atoms with Gasteiger partial charge < -0.3 is 15.2 Å². The summed E-state index contributed by atoms with van der Waals surface area (Å²) >= 11 is 0. The smallest absolute Gasteiger partial charge is 0.184 e. The number of rotatable bonds is 9. The summed E-state index contributed by atoms with van der Waals surface area (Å²) in [5, 5.41) is 23.1. The molecule has 3 aromatic heterocycles. The molecule has 0 unspecified atom stereocenters. The standard InChI is InChI=1S/C25H29N9O3/c1-4-21(36)18-13-27-23(29-22-8-9-33(30-22)15-10-16(35)11-15)12-20(18)34(26)19-7-5-6-17(24(19)37-3)25-28-14-32(2)31-25/h5-9,12-16,35H,4,10-11,26H2,1-3H3,(H,27,29,30). The van der Waals surface area contributed by atoms with Crippen molar-refractivity contribution in [2.45, 2.75) is 38.3 Å². The predicted octanol–water partition coefficient (Wildman–Crippen LogP) is 3.13. The summed E-state index contributed by atoms with van der Waals surface area (Å²) in [6, 6.07) is 9.21. The third-order valence-corrected chi connectivity index (χ3v) is 6.39. The van der Waals surface area contributed by atoms with Crippen LogP contribution in [0.3, 0.4) is 0 Å². The summed E-state index contributed by atoms with van der Waals surface area (Å²) in [5.74, 6) is 8.57. The van der Waals surface area contributed by atoms with Gasteiger partial charge in [-0.25, -0.2) is 15.8 Å². The third-order valence-electron chi connectivity index (χ3n) is 6.39. The van der Waals surface area contributed by atoms with Crippen LogP contribution in [-0.2, 0) is 7.05 Å². The molecule has 4 N–H and O–H groups in total. The van der Waals surface area contributed by atoms with Crippen LogP contribution in [-0.4, -0.2) is 53.6 Å². The molecule has 4 aromatic rings. The topological polar surface area (TPSA) is 149 Å². The van der Waals surface area contributed by atoms with Gasteiger partial charge in [-0.2, -0.15) is 10.2 Å². The molecule has 37 heavy (non-hydrogen) atoms. The van der Waals surface area contributed by atoms with Gasteiger partial charge in [0.2, 0.25) is 0 Å². The first kappa shape index (κ1) is 24.4. The molecule has 0 aliphatic heterocycles. The number of nitrogens with zero attached hydrogens (tertiary/aromatic N) is 7. The number of pyridine rings is 1. The van der Waals surface area contributed by atoms with Crippen LogP contribution < -0.4 is 20.9 Å². The number of para-hydroxylation sites is 1. The minimum Gasteiger partial charge on any atom is -0.494 e. The summed E-state index contributed by atoms with van der Waals surface area (Å²) in [7, 11) is 3.34. The fraction of sp³-hybridized carbons (Fsp3) is 0.320. The first-order chi connectivity index (χ1) is 17.9. The number of nitrogens with two attached hydrogens (primary N) is 1. The van der Waals surface area contributed by atoms with Crippen molar-refractivity contribution in [2.24, 2.45) is 12.9 Å². The SMILES string of the molecule is CCC(=O)c1cnc(Nc2ccn(C3CC(O)C3)n2)cc1N(N)c1cccc(-c2ncn(C)n2)c1OC. The van der Waals surface area contributed by atoms with E-state index in [4.69, 9.17) is 10.6 Å². The number of methoxy groups -OCH3 is 1. The first-order valence-corrected chi connectivity index (χ1v) is 12.0. The number of hydrazine groups is 1. The van der Waals surface area contributed by atoms with Gasteiger partial charge in [0.05, 0.1) is 36.1 Å². The molecule has 1 saturated carbocycles. The van der Waals surface area contributed by atoms with E-state index in [0.29, 0.717) is 65.0 Å². The monoisotopic (exact) mass is 503 g/mol. The van der Waals surface area contributed by atoms with E-state index < -0.39 is 0 Å². The maximum atomic E-state index is 12.8. The van der Waals surface area contributed by atoms with Crippen molar-refractivity contribution in [1.29, 1.82) is 0 Å². The Morgan fingerprint density at radius 2 is 2.03 bits per heavy atom. The van der Waals surface area contributed by atoms with Gasteiger partial charge in [0.1, 0.15) is 17.8 Å². The number of aryl methyl sites for hydroxylation is 1. The predicted molar refractivity (Wildman–Crippen MR) is 138 cm³/mol. The minimum absolute atomic E-state index is 0.0983. The molecule has 0 saturated heterocycles. The molecule has 12 heteroatoms. The number of hydrogen-bond acceptors (Lipinski definition) is 10. The molecule has 192 valence electrons. The Morgan fingerprint density at radius 3 is 2.70 bits per heavy atom. The van der Waals surface area contributed by atoms with Crippen molar-refractivity contribution in [3.63, 3.8) is 0 Å². The van der Waals surface area contributed by atoms with Gasteiger partial charge in [0.15, 0.2) is 23.2 Å². The van der Waals surface area contributed by atoms with Crippen LogP contribution in [0.25, 0.3) is 11.4 Å². The van der Waals surface area contributed by atoms with Crippen molar-refractivity contribution in [1.82, 2.24) is 29.5 Å². The average Bonchev–Trinajstić information content (AvgIpc) is 3.54. The zero-order chi connectivity index (χ0) is 26.1. The molecule has 0 amide bonds. The zero-order valence-electron chi connectivity index (χ0n) is 20.9. The number of hydrogen-bond donors (Lipinski definition) is 3. The largest absolute Gasteiger partial charge is 0.494 e. The van der Waals surface area contributed by atoms with Crippen molar-refractivity contribution in [3.05, 3.63) is 54.6 Å². The molecule has 0 bridgehead atoms. The molecule has 3 heterocycles. The summed E-state index contributed by atoms with van der Waals surface area (Å²) in [4.78, 5) is 21.6. The second-order valence-corrected chi connectivity index (χ2v) is 8.92. The van der Waals surface area contributed by atoms with Gasteiger partial charge in [-0.1, -0.05) is 13.0 Å². The van der Waals surface area contributed by atoms with E-state index in [0.717, 1.165) is 0 Å². The van der Waals surface area contributed by atoms with E-state index in [2.05, 4.69) is 25.5 Å². The fourth-order valence-electron chi connectivity index (χ4n) is 4.33. The highest BCUT2D eigenvalue weighted by atomic mass is 16.5. The van der Waals surface area contributed by atoms with E-state index in [1.165, 1.54) is 11.2 Å². The normalized spacial score (nSPS) is 16.8. The number of aliphatic hydroxyl groups is 1. The van der Waals surface area contributed by atoms with Gasteiger partial charge in [0, 0.05) is 38.0 Å². The van der Waals surface area contributed by atoms with Crippen LogP contribution in [0.4, 0.5) is 23.0 Å². The molecular weight excluding hydrogens is 474 g/mol. The Kier molecular flexibility index (Phi) is 6.59. The molecular formula is C25H29N9O3. The van der Waals surface area contributed by atoms with Crippen LogP contribution in [0.2, 0.25) is 0 Å². The average molecular weight is 504 g/mol. The molecule has 1 aliphatic carbocycles. The van der Waals surface area contributed by atoms with Crippen LogP contribution in [0.15, 0.2) is 49.1 Å². The maximum absolute atomic E-state index is 12.8. The molecule has 0 spiro atoms. The first-order valence-electron chi connectivity index (χ1n) is 12.0. The van der Waals surface area contributed by atoms with Crippen LogP contribution >= 0.6 is 0 Å². The van der Waals surface area contributed by atoms with Gasteiger partial charge in [-0.15, -0.1) is 0 Å². The molecule has 1 aromatic carbocycles. The summed E-state index contributed by atoms with van der Waals surface area (Å²) < 4.78 is 9.17. The number of ether oxygens (including phenoxy) is 1. The quantitative estimate of drug-likeness (QED) is 0.177. The van der Waals surface area contributed by atoms with Gasteiger partial charge >= 0.3 is 0 Å². The van der Waals surface area contributed by atoms with E-state index in [1.54, 1.807) is 44.2 Å². The highest BCUT2D eigenvalue weighted by Crippen LogP contribution is 2.40. The van der Waals surface area contributed by atoms with Gasteiger partial charge in [-0.3, -0.25) is 19.2 Å². The molecule has 0 radical (unpaired) electrons. The number of carbonyl (C=O) groups is 1. The van der Waals surface area contributed by atoms with Gasteiger partial charge in [0.25, 0.3) is 0 Å². The maximum Gasteiger partial charge on any atom is 0.184 e. The van der Waals surface area contributed by atoms with E-state index >= 15 is 0 Å². The second kappa shape index (κ2) is 9.99. The number of anilines is 4. The number of carbonyl (C=O) groups excluding carboxylic acids is 1. The molecule has 5 rings (SSSR count). The van der Waals surface area contributed by atoms with Crippen LogP contribution in [0.5, 0.6) is 5.75 Å². The van der Waals surface area contributed by atoms with E-state index in [9.17, 15) is 9.90 Å². The number of ketones is 1. The lowest BCUT2D eigenvalue weighted by molar-refractivity contribution is 0.0435. The van der Waals surface area contributed by atoms with E-state index in [-0.39, 0.29) is 17.9 Å². The van der Waals surface area contributed by atoms with Crippen molar-refractivity contribution < 1.29 is 14.6 Å². The Labute approximate surface area is 213 Å². The fourth-order valence-corrected chi connectivity index (χ4v) is 4.33. The van der Waals surface area contributed by atoms with Crippen molar-refractivity contribution >= 4 is 28.8 Å². The van der Waals surface area contributed by atoms with Crippen molar-refractivity contribution in [2.75, 3.05) is 17.4 Å². The summed E-state index contributed by atoms with van der Waals surface area (Å²) in [6.45, 7) is 1.79. The zero-order valence-corrected chi connectivity index (χ0v) is 20.9. The molecule has 12 nitrogen and oxygen atoms in total. The Morgan fingerprint density at radius 1 is 1.22 bits per heavy atom. The number of benzene rings is 1. The number of nitrogens with one attached hydrogen (secondary N) is 1. The number of aromatic nitrogens is 6. The van der Waals surface area contributed by atoms with Crippen LogP contribution in [0.1, 0.15) is 42.6 Å². The lowest BCUT2D eigenvalue weighted by atomic mass is 9.90. The Bertz CT molecular complexity index is 1420. The Balaban J connectivity index is 1.50. The van der Waals surface area contributed by atoms with Gasteiger partial charge in [-0.05, 0) is 25.0 Å². The second-order valence-electron chi connectivity index (χ2n) is 8.92. The van der Waals surface area contributed by atoms with Crippen LogP contribution in [0, 0.1) is 0 Å². The number of Topliss-reactive ketones (excluding diaryl/α,β-unsaturated/α-hetero) is 1. The molecule has 1 fully saturated rings. The summed E-state index contributed by atoms with van der Waals surface area (Å²) in [5.41, 5.74) is 2.03. The highest BCUT2D eigenvalue weighted by Gasteiger charge is 2.29. The lowest BCUT2D eigenvalue weighted by Crippen LogP contribution is -2.31. The molecule has 0 atom stereocenters. The lowest BCUT2D eigenvalue weighted by Gasteiger charge is -2.31. The number of aliphatic hydroxyl groups excluding tert-OH is 1. The highest BCUT2D eigenvalue weighted by molar-refractivity contribution is 6.02. The van der Waals surface area contributed by atoms with Crippen molar-refractivity contribution in [3.8, 4) is 17.1 Å².